The number of rotatable bonds is 12. The van der Waals surface area contributed by atoms with E-state index in [4.69, 9.17) is 0 Å². The van der Waals surface area contributed by atoms with Crippen LogP contribution in [0.25, 0.3) is 252 Å². The van der Waals surface area contributed by atoms with Crippen molar-refractivity contribution in [3.8, 4) is 134 Å². The minimum Gasteiger partial charge on any atom is -0.0622 e. The predicted molar refractivity (Wildman–Crippen MR) is 577 cm³/mol. The fourth-order valence-corrected chi connectivity index (χ4v) is 20.1. The number of benzene rings is 26. The second-order valence-corrected chi connectivity index (χ2v) is 35.4. The smallest absolute Gasteiger partial charge is 0.00992 e. The van der Waals surface area contributed by atoms with E-state index in [1.54, 1.807) is 0 Å². The molecule has 0 unspecified atom stereocenters. The molecule has 0 saturated carbocycles. The molecule has 26 aromatic rings. The lowest BCUT2D eigenvalue weighted by Crippen LogP contribution is -1.88. The Morgan fingerprint density at radius 3 is 0.597 bits per heavy atom. The quantitative estimate of drug-likeness (QED) is 0.114. The molecule has 0 aliphatic rings. The zero-order chi connectivity index (χ0) is 88.8. The molecule has 0 spiro atoms. The van der Waals surface area contributed by atoms with Gasteiger partial charge in [0.05, 0.1) is 0 Å². The normalized spacial score (nSPS) is 11.4. The summed E-state index contributed by atoms with van der Waals surface area (Å²) in [5.74, 6) is 0. The highest BCUT2D eigenvalue weighted by atomic mass is 14.2. The summed E-state index contributed by atoms with van der Waals surface area (Å²) < 4.78 is 0. The Hall–Kier alpha value is -17.4. The van der Waals surface area contributed by atoms with Crippen LogP contribution in [0.4, 0.5) is 0 Å². The minimum absolute atomic E-state index is 1.23. The molecule has 0 N–H and O–H groups in total. The van der Waals surface area contributed by atoms with Crippen molar-refractivity contribution in [2.24, 2.45) is 0 Å². The molecule has 26 aromatic carbocycles. The third-order valence-corrected chi connectivity index (χ3v) is 27.2. The second kappa shape index (κ2) is 34.9. The SMILES string of the molecule is c1cc(-c2ccc3ccccc3c2)cc(-c2ccc3cc(-c4ccc5cc(-c6ccc7ccccc7c6)ccc5c4)ccc3c2)c1.c1cc(-c2cccc3ccccc23)cc(-c2ccc(-c3ccc4cc(-c5ccc6ccccc6c5)ccc4c3)c3ccccc23)c1.c1ccc(-c2ccc(-c3ccc4c(-c5ccc6cc(-c7ccc8ccccc8c7)ccc6c5)cccc4c3)cc2)cc1. The molecule has 0 aliphatic carbocycles. The summed E-state index contributed by atoms with van der Waals surface area (Å²) >= 11 is 0. The zero-order valence-corrected chi connectivity index (χ0v) is 73.8. The van der Waals surface area contributed by atoms with Gasteiger partial charge in [-0.1, -0.05) is 443 Å². The van der Waals surface area contributed by atoms with Crippen LogP contribution in [0.3, 0.4) is 0 Å². The Bertz CT molecular complexity index is 9060. The van der Waals surface area contributed by atoms with E-state index in [1.165, 1.54) is 252 Å². The van der Waals surface area contributed by atoms with Crippen molar-refractivity contribution < 1.29 is 0 Å². The highest BCUT2D eigenvalue weighted by Crippen LogP contribution is 2.43. The van der Waals surface area contributed by atoms with Crippen LogP contribution < -0.4 is 0 Å². The van der Waals surface area contributed by atoms with E-state index in [0.717, 1.165) is 0 Å². The number of hydrogen-bond donors (Lipinski definition) is 0. The van der Waals surface area contributed by atoms with Crippen LogP contribution in [0.15, 0.2) is 534 Å². The maximum absolute atomic E-state index is 2.34. The molecular formula is C134H88. The van der Waals surface area contributed by atoms with Crippen molar-refractivity contribution in [3.63, 3.8) is 0 Å². The minimum atomic E-state index is 1.23. The Labute approximate surface area is 780 Å². The van der Waals surface area contributed by atoms with Gasteiger partial charge in [-0.05, 0) is 343 Å². The number of fused-ring (bicyclic) bond motifs is 11. The van der Waals surface area contributed by atoms with E-state index < -0.39 is 0 Å². The average Bonchev–Trinajstić information content (AvgIpc) is 0.773. The van der Waals surface area contributed by atoms with Crippen LogP contribution in [0.5, 0.6) is 0 Å². The summed E-state index contributed by atoms with van der Waals surface area (Å²) in [6.07, 6.45) is 0. The summed E-state index contributed by atoms with van der Waals surface area (Å²) in [7, 11) is 0. The van der Waals surface area contributed by atoms with Gasteiger partial charge in [-0.15, -0.1) is 0 Å². The molecule has 0 bridgehead atoms. The summed E-state index contributed by atoms with van der Waals surface area (Å²) in [6, 6.07) is 195. The van der Waals surface area contributed by atoms with Crippen LogP contribution >= 0.6 is 0 Å². The maximum atomic E-state index is 2.34. The van der Waals surface area contributed by atoms with Crippen molar-refractivity contribution in [2.75, 3.05) is 0 Å². The Kier molecular flexibility index (Phi) is 20.8. The fourth-order valence-electron chi connectivity index (χ4n) is 20.1. The largest absolute Gasteiger partial charge is 0.0622 e. The molecule has 0 aromatic heterocycles. The molecule has 624 valence electrons. The third kappa shape index (κ3) is 15.9. The van der Waals surface area contributed by atoms with Gasteiger partial charge >= 0.3 is 0 Å². The van der Waals surface area contributed by atoms with Crippen LogP contribution in [0.2, 0.25) is 0 Å². The summed E-state index contributed by atoms with van der Waals surface area (Å²) in [6.45, 7) is 0. The van der Waals surface area contributed by atoms with Gasteiger partial charge in [0, 0.05) is 0 Å². The lowest BCUT2D eigenvalue weighted by Gasteiger charge is -2.14. The summed E-state index contributed by atoms with van der Waals surface area (Å²) in [5.41, 5.74) is 29.8. The van der Waals surface area contributed by atoms with E-state index in [0.29, 0.717) is 0 Å². The van der Waals surface area contributed by atoms with Gasteiger partial charge in [-0.25, -0.2) is 0 Å². The molecular weight excluding hydrogens is 1610 g/mol. The van der Waals surface area contributed by atoms with Crippen molar-refractivity contribution in [3.05, 3.63) is 534 Å². The lowest BCUT2D eigenvalue weighted by atomic mass is 9.89. The first-order chi connectivity index (χ1) is 66.3. The first-order valence-corrected chi connectivity index (χ1v) is 46.3. The van der Waals surface area contributed by atoms with Crippen molar-refractivity contribution >= 4 is 118 Å². The zero-order valence-electron chi connectivity index (χ0n) is 73.8. The molecule has 0 atom stereocenters. The maximum Gasteiger partial charge on any atom is -0.00992 e. The fraction of sp³-hybridized carbons (Fsp3) is 0. The van der Waals surface area contributed by atoms with E-state index in [1.807, 2.05) is 0 Å². The Morgan fingerprint density at radius 1 is 0.0672 bits per heavy atom. The van der Waals surface area contributed by atoms with Crippen molar-refractivity contribution in [1.29, 1.82) is 0 Å². The van der Waals surface area contributed by atoms with Gasteiger partial charge in [0.25, 0.3) is 0 Å². The van der Waals surface area contributed by atoms with Gasteiger partial charge < -0.3 is 0 Å². The average molecular weight is 1700 g/mol. The molecule has 134 heavy (non-hydrogen) atoms. The molecule has 0 fully saturated rings. The van der Waals surface area contributed by atoms with Gasteiger partial charge in [0.15, 0.2) is 0 Å². The van der Waals surface area contributed by atoms with E-state index in [-0.39, 0.29) is 0 Å². The van der Waals surface area contributed by atoms with Gasteiger partial charge in [-0.3, -0.25) is 0 Å². The number of hydrogen-bond acceptors (Lipinski definition) is 0. The molecule has 0 heterocycles. The summed E-state index contributed by atoms with van der Waals surface area (Å²) in [4.78, 5) is 0. The van der Waals surface area contributed by atoms with Crippen LogP contribution in [0.1, 0.15) is 0 Å². The standard InChI is InChI=1S/2C46H30.C42H28/c1-3-8-33-24-37(14-12-31(33)6-1)35-10-5-11-36(26-35)38-16-17-42-29-44(20-18-40(42)27-38)46-23-22-43-28-41(19-21-45(43)30-46)39-15-13-32-7-2-4-9-34(32)25-39;1-2-11-33-27-34(20-19-31(33)9-1)35-21-22-37-29-40(24-23-36(37)28-35)44-26-25-43(45-16-5-6-17-46(44)45)39-14-7-13-38(30-39)42-18-8-12-32-10-3-4-15-41(32)42;1-2-7-29(8-3-1)31-13-15-32(16-14-31)34-23-24-42-39(27-34)11-6-12-41(42)40-22-21-37-26-36(19-20-38(37)28-40)35-18-17-30-9-4-5-10-33(30)25-35/h2*1-30H;1-28H. The Balaban J connectivity index is 0.000000111. The van der Waals surface area contributed by atoms with Crippen LogP contribution in [-0.4, -0.2) is 0 Å². The molecule has 0 amide bonds. The van der Waals surface area contributed by atoms with E-state index in [9.17, 15) is 0 Å². The van der Waals surface area contributed by atoms with Crippen LogP contribution in [0, 0.1) is 0 Å². The monoisotopic (exact) mass is 1700 g/mol. The van der Waals surface area contributed by atoms with Gasteiger partial charge in [-0.2, -0.15) is 0 Å². The van der Waals surface area contributed by atoms with Crippen molar-refractivity contribution in [1.82, 2.24) is 0 Å². The molecule has 0 saturated heterocycles. The van der Waals surface area contributed by atoms with Gasteiger partial charge in [0.2, 0.25) is 0 Å². The first-order valence-electron chi connectivity index (χ1n) is 46.3. The molecule has 0 heteroatoms. The summed E-state index contributed by atoms with van der Waals surface area (Å²) in [5, 5.41) is 27.8. The van der Waals surface area contributed by atoms with E-state index in [2.05, 4.69) is 534 Å². The predicted octanol–water partition coefficient (Wildman–Crippen LogP) is 37.7. The Morgan fingerprint density at radius 2 is 0.239 bits per heavy atom. The van der Waals surface area contributed by atoms with E-state index >= 15 is 0 Å². The molecule has 0 aliphatic heterocycles. The molecule has 0 nitrogen and oxygen atoms in total. The molecule has 26 rings (SSSR count). The third-order valence-electron chi connectivity index (χ3n) is 27.2. The second-order valence-electron chi connectivity index (χ2n) is 35.4. The highest BCUT2D eigenvalue weighted by Gasteiger charge is 2.17. The van der Waals surface area contributed by atoms with Crippen LogP contribution in [-0.2, 0) is 0 Å². The molecule has 0 radical (unpaired) electrons. The lowest BCUT2D eigenvalue weighted by molar-refractivity contribution is 1.60. The first kappa shape index (κ1) is 79.9. The highest BCUT2D eigenvalue weighted by molar-refractivity contribution is 6.09. The topological polar surface area (TPSA) is 0 Å². The van der Waals surface area contributed by atoms with Crippen molar-refractivity contribution in [2.45, 2.75) is 0 Å². The van der Waals surface area contributed by atoms with Gasteiger partial charge in [0.1, 0.15) is 0 Å².